The van der Waals surface area contributed by atoms with Crippen molar-refractivity contribution < 1.29 is 9.53 Å². The van der Waals surface area contributed by atoms with Crippen LogP contribution < -0.4 is 10.1 Å². The van der Waals surface area contributed by atoms with Crippen molar-refractivity contribution in [1.29, 1.82) is 0 Å². The van der Waals surface area contributed by atoms with Crippen LogP contribution in [0.25, 0.3) is 0 Å². The number of amides is 1. The van der Waals surface area contributed by atoms with Crippen LogP contribution in [-0.4, -0.2) is 12.5 Å². The first-order chi connectivity index (χ1) is 12.5. The molecule has 0 fully saturated rings. The molecular formula is C20H22BrCl2NO2. The Hall–Kier alpha value is -1.23. The number of carbonyl (C=O) groups is 1. The Kier molecular flexibility index (Phi) is 8.76. The van der Waals surface area contributed by atoms with Gasteiger partial charge in [-0.3, -0.25) is 4.79 Å². The van der Waals surface area contributed by atoms with Crippen molar-refractivity contribution in [3.8, 4) is 5.75 Å². The summed E-state index contributed by atoms with van der Waals surface area (Å²) >= 11 is 15.5. The highest BCUT2D eigenvalue weighted by Crippen LogP contribution is 2.26. The van der Waals surface area contributed by atoms with Gasteiger partial charge in [-0.1, -0.05) is 55.5 Å². The van der Waals surface area contributed by atoms with Crippen LogP contribution in [0.2, 0.25) is 10.0 Å². The molecule has 0 saturated carbocycles. The summed E-state index contributed by atoms with van der Waals surface area (Å²) in [6.45, 7) is 3.20. The molecule has 0 unspecified atom stereocenters. The molecule has 0 aliphatic carbocycles. The van der Waals surface area contributed by atoms with E-state index in [9.17, 15) is 4.79 Å². The van der Waals surface area contributed by atoms with E-state index >= 15 is 0 Å². The fourth-order valence-electron chi connectivity index (χ4n) is 2.41. The number of carbonyl (C=O) groups excluding carboxylic acids is 1. The molecule has 0 aromatic heterocycles. The lowest BCUT2D eigenvalue weighted by Crippen LogP contribution is -2.23. The summed E-state index contributed by atoms with van der Waals surface area (Å²) in [5, 5.41) is 3.96. The maximum Gasteiger partial charge on any atom is 0.251 e. The van der Waals surface area contributed by atoms with Gasteiger partial charge in [-0.05, 0) is 58.2 Å². The van der Waals surface area contributed by atoms with Gasteiger partial charge in [-0.2, -0.15) is 0 Å². The Bertz CT molecular complexity index is 753. The molecular weight excluding hydrogens is 437 g/mol. The van der Waals surface area contributed by atoms with Gasteiger partial charge in [-0.25, -0.2) is 0 Å². The molecule has 0 aliphatic heterocycles. The zero-order chi connectivity index (χ0) is 18.9. The smallest absolute Gasteiger partial charge is 0.251 e. The number of hydrogen-bond acceptors (Lipinski definition) is 2. The summed E-state index contributed by atoms with van der Waals surface area (Å²) in [7, 11) is 0. The van der Waals surface area contributed by atoms with Gasteiger partial charge in [0.25, 0.3) is 5.91 Å². The summed E-state index contributed by atoms with van der Waals surface area (Å²) in [5.41, 5.74) is 1.37. The summed E-state index contributed by atoms with van der Waals surface area (Å²) in [6, 6.07) is 10.5. The Balaban J connectivity index is 1.89. The zero-order valence-corrected chi connectivity index (χ0v) is 17.8. The molecule has 0 saturated heterocycles. The predicted molar refractivity (Wildman–Crippen MR) is 111 cm³/mol. The van der Waals surface area contributed by atoms with E-state index in [4.69, 9.17) is 27.9 Å². The van der Waals surface area contributed by atoms with E-state index in [1.165, 1.54) is 19.3 Å². The van der Waals surface area contributed by atoms with Crippen molar-refractivity contribution in [2.24, 2.45) is 0 Å². The van der Waals surface area contributed by atoms with E-state index in [1.54, 1.807) is 30.3 Å². The second-order valence-corrected chi connectivity index (χ2v) is 7.67. The summed E-state index contributed by atoms with van der Waals surface area (Å²) in [4.78, 5) is 12.4. The lowest BCUT2D eigenvalue weighted by atomic mass is 10.2. The van der Waals surface area contributed by atoms with E-state index in [2.05, 4.69) is 28.2 Å². The van der Waals surface area contributed by atoms with E-state index in [1.807, 2.05) is 6.07 Å². The van der Waals surface area contributed by atoms with Crippen LogP contribution in [0.5, 0.6) is 5.75 Å². The molecule has 2 aromatic carbocycles. The lowest BCUT2D eigenvalue weighted by molar-refractivity contribution is 0.0951. The predicted octanol–water partition coefficient (Wildman–Crippen LogP) is 6.65. The average Bonchev–Trinajstić information content (AvgIpc) is 2.61. The van der Waals surface area contributed by atoms with E-state index in [0.717, 1.165) is 22.2 Å². The molecule has 3 nitrogen and oxygen atoms in total. The van der Waals surface area contributed by atoms with Gasteiger partial charge in [0, 0.05) is 22.2 Å². The van der Waals surface area contributed by atoms with Crippen molar-refractivity contribution >= 4 is 45.0 Å². The Morgan fingerprint density at radius 1 is 1.12 bits per heavy atom. The summed E-state index contributed by atoms with van der Waals surface area (Å²) < 4.78 is 6.53. The van der Waals surface area contributed by atoms with E-state index < -0.39 is 0 Å². The minimum absolute atomic E-state index is 0.175. The topological polar surface area (TPSA) is 38.3 Å². The third-order valence-corrected chi connectivity index (χ3v) is 5.11. The molecule has 0 radical (unpaired) electrons. The molecule has 140 valence electrons. The highest BCUT2D eigenvalue weighted by Gasteiger charge is 2.10. The first kappa shape index (κ1) is 21.1. The minimum atomic E-state index is -0.175. The van der Waals surface area contributed by atoms with E-state index in [-0.39, 0.29) is 5.91 Å². The van der Waals surface area contributed by atoms with Crippen molar-refractivity contribution in [1.82, 2.24) is 5.32 Å². The molecule has 0 spiro atoms. The van der Waals surface area contributed by atoms with Crippen LogP contribution >= 0.6 is 39.1 Å². The molecule has 2 rings (SSSR count). The van der Waals surface area contributed by atoms with Gasteiger partial charge in [0.05, 0.1) is 11.1 Å². The van der Waals surface area contributed by atoms with Gasteiger partial charge in [0.2, 0.25) is 0 Å². The standard InChI is InChI=1S/C20H22BrCl2NO2/c1-2-3-4-5-10-26-19-9-7-14(11-17(19)21)20(25)24-13-15-6-8-16(22)12-18(15)23/h6-9,11-12H,2-5,10,13H2,1H3,(H,24,25). The molecule has 26 heavy (non-hydrogen) atoms. The van der Waals surface area contributed by atoms with Crippen molar-refractivity contribution in [2.75, 3.05) is 6.61 Å². The second kappa shape index (κ2) is 10.8. The molecule has 6 heteroatoms. The highest BCUT2D eigenvalue weighted by molar-refractivity contribution is 9.10. The third kappa shape index (κ3) is 6.49. The SMILES string of the molecule is CCCCCCOc1ccc(C(=O)NCc2ccc(Cl)cc2Cl)cc1Br. The van der Waals surface area contributed by atoms with Gasteiger partial charge in [0.1, 0.15) is 5.75 Å². The monoisotopic (exact) mass is 457 g/mol. The Morgan fingerprint density at radius 3 is 2.62 bits per heavy atom. The maximum atomic E-state index is 12.4. The van der Waals surface area contributed by atoms with Crippen LogP contribution in [0.4, 0.5) is 0 Å². The van der Waals surface area contributed by atoms with Crippen LogP contribution in [0, 0.1) is 0 Å². The van der Waals surface area contributed by atoms with Crippen LogP contribution in [0.1, 0.15) is 48.5 Å². The van der Waals surface area contributed by atoms with Crippen molar-refractivity contribution in [2.45, 2.75) is 39.2 Å². The van der Waals surface area contributed by atoms with Gasteiger partial charge < -0.3 is 10.1 Å². The second-order valence-electron chi connectivity index (χ2n) is 5.97. The van der Waals surface area contributed by atoms with Crippen molar-refractivity contribution in [3.63, 3.8) is 0 Å². The molecule has 1 amide bonds. The number of halogens is 3. The average molecular weight is 459 g/mol. The molecule has 0 heterocycles. The van der Waals surface area contributed by atoms with Crippen LogP contribution in [-0.2, 0) is 6.54 Å². The molecule has 2 aromatic rings. The largest absolute Gasteiger partial charge is 0.492 e. The molecule has 0 aliphatic rings. The molecule has 0 bridgehead atoms. The number of ether oxygens (including phenoxy) is 1. The number of unbranched alkanes of at least 4 members (excludes halogenated alkanes) is 3. The summed E-state index contributed by atoms with van der Waals surface area (Å²) in [6.07, 6.45) is 4.63. The lowest BCUT2D eigenvalue weighted by Gasteiger charge is -2.11. The van der Waals surface area contributed by atoms with Crippen molar-refractivity contribution in [3.05, 3.63) is 62.0 Å². The van der Waals surface area contributed by atoms with Crippen LogP contribution in [0.15, 0.2) is 40.9 Å². The maximum absolute atomic E-state index is 12.4. The number of hydrogen-bond donors (Lipinski definition) is 1. The number of rotatable bonds is 9. The molecule has 0 atom stereocenters. The minimum Gasteiger partial charge on any atom is -0.492 e. The zero-order valence-electron chi connectivity index (χ0n) is 14.7. The van der Waals surface area contributed by atoms with E-state index in [0.29, 0.717) is 28.8 Å². The number of benzene rings is 2. The first-order valence-corrected chi connectivity index (χ1v) is 10.2. The molecule has 1 N–H and O–H groups in total. The fraction of sp³-hybridized carbons (Fsp3) is 0.350. The quantitative estimate of drug-likeness (QED) is 0.427. The Morgan fingerprint density at radius 2 is 1.92 bits per heavy atom. The highest BCUT2D eigenvalue weighted by atomic mass is 79.9. The van der Waals surface area contributed by atoms with Crippen LogP contribution in [0.3, 0.4) is 0 Å². The van der Waals surface area contributed by atoms with Gasteiger partial charge >= 0.3 is 0 Å². The van der Waals surface area contributed by atoms with Gasteiger partial charge in [0.15, 0.2) is 0 Å². The number of nitrogens with one attached hydrogen (secondary N) is 1. The first-order valence-electron chi connectivity index (χ1n) is 8.65. The summed E-state index contributed by atoms with van der Waals surface area (Å²) in [5.74, 6) is 0.574. The normalized spacial score (nSPS) is 10.6. The van der Waals surface area contributed by atoms with Gasteiger partial charge in [-0.15, -0.1) is 0 Å². The fourth-order valence-corrected chi connectivity index (χ4v) is 3.38. The third-order valence-electron chi connectivity index (χ3n) is 3.90. The Labute approximate surface area is 173 Å².